The van der Waals surface area contributed by atoms with Crippen LogP contribution in [0.15, 0.2) is 0 Å². The molecule has 16 heavy (non-hydrogen) atoms. The topological polar surface area (TPSA) is 65.4 Å². The van der Waals surface area contributed by atoms with Crippen molar-refractivity contribution in [2.45, 2.75) is 25.3 Å². The molecule has 1 amide bonds. The summed E-state index contributed by atoms with van der Waals surface area (Å²) in [5.74, 6) is 0.0346. The van der Waals surface area contributed by atoms with Gasteiger partial charge in [-0.25, -0.2) is 0 Å². The zero-order chi connectivity index (χ0) is 11.8. The standard InChI is InChI=1S/C11H19N3O2/c1-14(6-2-5-12)9-11(15)13-10-3-7-16-8-4-10/h10H,2-4,6-9H2,1H3,(H,13,15). The highest BCUT2D eigenvalue weighted by Crippen LogP contribution is 2.05. The average Bonchev–Trinajstić information content (AvgIpc) is 2.27. The van der Waals surface area contributed by atoms with Gasteiger partial charge in [0, 0.05) is 32.2 Å². The fourth-order valence-corrected chi connectivity index (χ4v) is 1.68. The van der Waals surface area contributed by atoms with Crippen LogP contribution in [0, 0.1) is 11.3 Å². The molecule has 1 N–H and O–H groups in total. The number of amides is 1. The monoisotopic (exact) mass is 225 g/mol. The number of likely N-dealkylation sites (N-methyl/N-ethyl adjacent to an activating group) is 1. The number of nitrogens with zero attached hydrogens (tertiary/aromatic N) is 2. The molecule has 1 heterocycles. The minimum Gasteiger partial charge on any atom is -0.381 e. The molecule has 0 aromatic rings. The number of hydrogen-bond donors (Lipinski definition) is 1. The lowest BCUT2D eigenvalue weighted by atomic mass is 10.1. The summed E-state index contributed by atoms with van der Waals surface area (Å²) in [6.45, 7) is 2.46. The van der Waals surface area contributed by atoms with Crippen molar-refractivity contribution < 1.29 is 9.53 Å². The normalized spacial score (nSPS) is 17.1. The van der Waals surface area contributed by atoms with E-state index in [4.69, 9.17) is 10.00 Å². The summed E-state index contributed by atoms with van der Waals surface area (Å²) in [7, 11) is 1.85. The van der Waals surface area contributed by atoms with Gasteiger partial charge in [0.15, 0.2) is 0 Å². The Balaban J connectivity index is 2.16. The highest BCUT2D eigenvalue weighted by Gasteiger charge is 2.16. The van der Waals surface area contributed by atoms with Crippen molar-refractivity contribution in [3.05, 3.63) is 0 Å². The summed E-state index contributed by atoms with van der Waals surface area (Å²) in [5, 5.41) is 11.4. The zero-order valence-electron chi connectivity index (χ0n) is 9.74. The molecule has 0 spiro atoms. The third-order valence-corrected chi connectivity index (χ3v) is 2.61. The first-order chi connectivity index (χ1) is 7.72. The highest BCUT2D eigenvalue weighted by atomic mass is 16.5. The summed E-state index contributed by atoms with van der Waals surface area (Å²) >= 11 is 0. The van der Waals surface area contributed by atoms with Gasteiger partial charge in [0.1, 0.15) is 0 Å². The first-order valence-corrected chi connectivity index (χ1v) is 5.65. The molecule has 1 aliphatic heterocycles. The zero-order valence-corrected chi connectivity index (χ0v) is 9.74. The molecule has 0 bridgehead atoms. The van der Waals surface area contributed by atoms with Crippen LogP contribution in [0.1, 0.15) is 19.3 Å². The Morgan fingerprint density at radius 2 is 2.25 bits per heavy atom. The van der Waals surface area contributed by atoms with Gasteiger partial charge in [0.05, 0.1) is 12.6 Å². The lowest BCUT2D eigenvalue weighted by Crippen LogP contribution is -2.43. The number of rotatable bonds is 5. The van der Waals surface area contributed by atoms with Crippen LogP contribution in [0.3, 0.4) is 0 Å². The molecule has 0 aliphatic carbocycles. The lowest BCUT2D eigenvalue weighted by molar-refractivity contribution is -0.123. The molecule has 0 aromatic carbocycles. The van der Waals surface area contributed by atoms with Crippen LogP contribution in [-0.4, -0.2) is 50.2 Å². The minimum atomic E-state index is 0.0346. The number of carbonyl (C=O) groups is 1. The third kappa shape index (κ3) is 5.10. The van der Waals surface area contributed by atoms with Crippen LogP contribution in [0.4, 0.5) is 0 Å². The largest absolute Gasteiger partial charge is 0.381 e. The van der Waals surface area contributed by atoms with E-state index < -0.39 is 0 Å². The van der Waals surface area contributed by atoms with Crippen molar-refractivity contribution in [3.63, 3.8) is 0 Å². The fraction of sp³-hybridized carbons (Fsp3) is 0.818. The Bertz CT molecular complexity index is 256. The van der Waals surface area contributed by atoms with Gasteiger partial charge >= 0.3 is 0 Å². The van der Waals surface area contributed by atoms with Crippen molar-refractivity contribution in [3.8, 4) is 6.07 Å². The molecule has 1 fully saturated rings. The van der Waals surface area contributed by atoms with Crippen molar-refractivity contribution in [1.82, 2.24) is 10.2 Å². The Hall–Kier alpha value is -1.12. The molecule has 1 saturated heterocycles. The lowest BCUT2D eigenvalue weighted by Gasteiger charge is -2.24. The van der Waals surface area contributed by atoms with Crippen LogP contribution >= 0.6 is 0 Å². The number of nitriles is 1. The Morgan fingerprint density at radius 3 is 2.88 bits per heavy atom. The second-order valence-electron chi connectivity index (χ2n) is 4.10. The van der Waals surface area contributed by atoms with Crippen LogP contribution in [-0.2, 0) is 9.53 Å². The predicted molar refractivity (Wildman–Crippen MR) is 59.7 cm³/mol. The molecule has 5 heteroatoms. The van der Waals surface area contributed by atoms with Crippen molar-refractivity contribution in [2.24, 2.45) is 0 Å². The van der Waals surface area contributed by atoms with Crippen molar-refractivity contribution in [2.75, 3.05) is 33.4 Å². The summed E-state index contributed by atoms with van der Waals surface area (Å²) in [6, 6.07) is 2.32. The van der Waals surface area contributed by atoms with E-state index in [1.54, 1.807) is 0 Å². The van der Waals surface area contributed by atoms with Gasteiger partial charge in [-0.3, -0.25) is 9.69 Å². The Labute approximate surface area is 96.4 Å². The summed E-state index contributed by atoms with van der Waals surface area (Å²) in [5.41, 5.74) is 0. The van der Waals surface area contributed by atoms with Gasteiger partial charge in [-0.1, -0.05) is 0 Å². The Morgan fingerprint density at radius 1 is 1.56 bits per heavy atom. The SMILES string of the molecule is CN(CCC#N)CC(=O)NC1CCOCC1. The van der Waals surface area contributed by atoms with Crippen LogP contribution in [0.5, 0.6) is 0 Å². The molecule has 0 atom stereocenters. The molecular formula is C11H19N3O2. The molecule has 0 saturated carbocycles. The first-order valence-electron chi connectivity index (χ1n) is 5.65. The molecule has 0 radical (unpaired) electrons. The van der Waals surface area contributed by atoms with Crippen LogP contribution in [0.25, 0.3) is 0 Å². The van der Waals surface area contributed by atoms with E-state index >= 15 is 0 Å². The number of hydrogen-bond acceptors (Lipinski definition) is 4. The summed E-state index contributed by atoms with van der Waals surface area (Å²) < 4.78 is 5.22. The highest BCUT2D eigenvalue weighted by molar-refractivity contribution is 5.78. The maximum absolute atomic E-state index is 11.6. The molecular weight excluding hydrogens is 206 g/mol. The van der Waals surface area contributed by atoms with E-state index in [9.17, 15) is 4.79 Å². The maximum atomic E-state index is 11.6. The minimum absolute atomic E-state index is 0.0346. The van der Waals surface area contributed by atoms with Crippen LogP contribution in [0.2, 0.25) is 0 Å². The predicted octanol–water partition coefficient (Wildman–Crippen LogP) is 0.127. The summed E-state index contributed by atoms with van der Waals surface area (Å²) in [4.78, 5) is 13.5. The molecule has 90 valence electrons. The van der Waals surface area contributed by atoms with Gasteiger partial charge in [-0.2, -0.15) is 5.26 Å². The number of carbonyl (C=O) groups excluding carboxylic acids is 1. The smallest absolute Gasteiger partial charge is 0.234 e. The summed E-state index contributed by atoms with van der Waals surface area (Å²) in [6.07, 6.45) is 2.25. The molecule has 5 nitrogen and oxygen atoms in total. The van der Waals surface area contributed by atoms with E-state index in [1.807, 2.05) is 11.9 Å². The van der Waals surface area contributed by atoms with E-state index in [-0.39, 0.29) is 11.9 Å². The van der Waals surface area contributed by atoms with Gasteiger partial charge in [-0.15, -0.1) is 0 Å². The second kappa shape index (κ2) is 7.20. The van der Waals surface area contributed by atoms with E-state index in [2.05, 4.69) is 11.4 Å². The van der Waals surface area contributed by atoms with E-state index in [1.165, 1.54) is 0 Å². The average molecular weight is 225 g/mol. The molecule has 1 rings (SSSR count). The molecule has 0 aromatic heterocycles. The molecule has 0 unspecified atom stereocenters. The number of ether oxygens (including phenoxy) is 1. The maximum Gasteiger partial charge on any atom is 0.234 e. The van der Waals surface area contributed by atoms with Gasteiger partial charge in [0.2, 0.25) is 5.91 Å². The van der Waals surface area contributed by atoms with E-state index in [0.29, 0.717) is 19.5 Å². The van der Waals surface area contributed by atoms with Crippen molar-refractivity contribution >= 4 is 5.91 Å². The van der Waals surface area contributed by atoms with Crippen LogP contribution < -0.4 is 5.32 Å². The fourth-order valence-electron chi connectivity index (χ4n) is 1.68. The van der Waals surface area contributed by atoms with Crippen molar-refractivity contribution in [1.29, 1.82) is 5.26 Å². The molecule has 1 aliphatic rings. The van der Waals surface area contributed by atoms with Gasteiger partial charge < -0.3 is 10.1 Å². The van der Waals surface area contributed by atoms with Gasteiger partial charge in [-0.05, 0) is 19.9 Å². The quantitative estimate of drug-likeness (QED) is 0.722. The number of nitrogens with one attached hydrogen (secondary N) is 1. The van der Waals surface area contributed by atoms with E-state index in [0.717, 1.165) is 26.1 Å². The van der Waals surface area contributed by atoms with Gasteiger partial charge in [0.25, 0.3) is 0 Å². The third-order valence-electron chi connectivity index (χ3n) is 2.61. The second-order valence-corrected chi connectivity index (χ2v) is 4.10. The first kappa shape index (κ1) is 12.9. The Kier molecular flexibility index (Phi) is 5.83.